The molecule has 0 bridgehead atoms. The van der Waals surface area contributed by atoms with E-state index in [2.05, 4.69) is 33.1 Å². The highest BCUT2D eigenvalue weighted by Crippen LogP contribution is 2.24. The van der Waals surface area contributed by atoms with E-state index in [0.29, 0.717) is 16.7 Å². The van der Waals surface area contributed by atoms with Gasteiger partial charge in [-0.3, -0.25) is 0 Å². The summed E-state index contributed by atoms with van der Waals surface area (Å²) in [6.07, 6.45) is 1.65. The van der Waals surface area contributed by atoms with E-state index < -0.39 is 0 Å². The smallest absolute Gasteiger partial charge is 0.137 e. The van der Waals surface area contributed by atoms with E-state index in [-0.39, 0.29) is 11.7 Å². The predicted octanol–water partition coefficient (Wildman–Crippen LogP) is 3.08. The maximum Gasteiger partial charge on any atom is 0.137 e. The molecule has 1 aliphatic rings. The number of amidine groups is 1. The second kappa shape index (κ2) is 4.96. The summed E-state index contributed by atoms with van der Waals surface area (Å²) in [6, 6.07) is 4.88. The van der Waals surface area contributed by atoms with Crippen LogP contribution in [-0.4, -0.2) is 11.5 Å². The molecular formula is C12H13BrFN3. The van der Waals surface area contributed by atoms with Gasteiger partial charge < -0.3 is 5.73 Å². The topological polar surface area (TPSA) is 50.7 Å². The van der Waals surface area contributed by atoms with Crippen LogP contribution in [0.4, 0.5) is 4.39 Å². The lowest BCUT2D eigenvalue weighted by molar-refractivity contribution is 0.620. The number of hydrogen-bond acceptors (Lipinski definition) is 3. The van der Waals surface area contributed by atoms with Crippen LogP contribution in [0, 0.1) is 11.7 Å². The quantitative estimate of drug-likeness (QED) is 0.896. The Bertz CT molecular complexity index is 497. The van der Waals surface area contributed by atoms with Crippen molar-refractivity contribution in [3.63, 3.8) is 0 Å². The molecule has 0 saturated carbocycles. The van der Waals surface area contributed by atoms with Crippen molar-refractivity contribution in [3.8, 4) is 0 Å². The Morgan fingerprint density at radius 3 is 2.88 bits per heavy atom. The van der Waals surface area contributed by atoms with Crippen molar-refractivity contribution < 1.29 is 4.39 Å². The summed E-state index contributed by atoms with van der Waals surface area (Å²) in [4.78, 5) is 0. The van der Waals surface area contributed by atoms with E-state index in [0.717, 1.165) is 17.7 Å². The zero-order valence-electron chi connectivity index (χ0n) is 9.45. The molecule has 0 radical (unpaired) electrons. The molecule has 0 aliphatic carbocycles. The van der Waals surface area contributed by atoms with Crippen molar-refractivity contribution >= 4 is 27.5 Å². The van der Waals surface area contributed by atoms with E-state index in [4.69, 9.17) is 5.73 Å². The number of benzene rings is 1. The fraction of sp³-hybridized carbons (Fsp3) is 0.333. The molecular weight excluding hydrogens is 285 g/mol. The largest absolute Gasteiger partial charge is 0.386 e. The summed E-state index contributed by atoms with van der Waals surface area (Å²) in [6.45, 7) is 2.08. The lowest BCUT2D eigenvalue weighted by Gasteiger charge is -2.20. The van der Waals surface area contributed by atoms with Gasteiger partial charge in [0.15, 0.2) is 0 Å². The third-order valence-electron chi connectivity index (χ3n) is 2.84. The standard InChI is InChI=1S/C12H13BrFN3/c1-2-7-6-11(15)16-17-12(7)8-3-4-10(14)9(13)5-8/h3-5,7H,2,6H2,1H3,(H2,15,16). The average molecular weight is 298 g/mol. The van der Waals surface area contributed by atoms with Crippen LogP contribution >= 0.6 is 15.9 Å². The van der Waals surface area contributed by atoms with Gasteiger partial charge in [0.25, 0.3) is 0 Å². The maximum atomic E-state index is 13.2. The maximum absolute atomic E-state index is 13.2. The van der Waals surface area contributed by atoms with Gasteiger partial charge in [0.1, 0.15) is 11.7 Å². The van der Waals surface area contributed by atoms with Crippen LogP contribution in [-0.2, 0) is 0 Å². The first-order chi connectivity index (χ1) is 8.11. The zero-order valence-corrected chi connectivity index (χ0v) is 11.0. The summed E-state index contributed by atoms with van der Waals surface area (Å²) in [5, 5.41) is 8.05. The Hall–Kier alpha value is -1.23. The fourth-order valence-corrected chi connectivity index (χ4v) is 2.26. The molecule has 17 heavy (non-hydrogen) atoms. The van der Waals surface area contributed by atoms with E-state index in [1.54, 1.807) is 12.1 Å². The van der Waals surface area contributed by atoms with Gasteiger partial charge in [-0.25, -0.2) is 4.39 Å². The number of rotatable bonds is 2. The van der Waals surface area contributed by atoms with Crippen molar-refractivity contribution in [2.75, 3.05) is 0 Å². The Morgan fingerprint density at radius 1 is 1.47 bits per heavy atom. The monoisotopic (exact) mass is 297 g/mol. The summed E-state index contributed by atoms with van der Waals surface area (Å²) in [7, 11) is 0. The predicted molar refractivity (Wildman–Crippen MR) is 70.7 cm³/mol. The molecule has 1 aromatic carbocycles. The van der Waals surface area contributed by atoms with Crippen molar-refractivity contribution in [1.29, 1.82) is 0 Å². The van der Waals surface area contributed by atoms with Gasteiger partial charge in [-0.2, -0.15) is 5.10 Å². The lowest BCUT2D eigenvalue weighted by atomic mass is 9.90. The average Bonchev–Trinajstić information content (AvgIpc) is 2.32. The van der Waals surface area contributed by atoms with E-state index >= 15 is 0 Å². The molecule has 0 amide bonds. The second-order valence-corrected chi connectivity index (χ2v) is 4.87. The third kappa shape index (κ3) is 2.54. The van der Waals surface area contributed by atoms with Crippen LogP contribution in [0.5, 0.6) is 0 Å². The molecule has 0 aromatic heterocycles. The minimum atomic E-state index is -0.277. The Morgan fingerprint density at radius 2 is 2.24 bits per heavy atom. The van der Waals surface area contributed by atoms with Crippen LogP contribution in [0.25, 0.3) is 0 Å². The van der Waals surface area contributed by atoms with Gasteiger partial charge in [-0.05, 0) is 40.0 Å². The van der Waals surface area contributed by atoms with Crippen LogP contribution in [0.15, 0.2) is 32.9 Å². The van der Waals surface area contributed by atoms with Gasteiger partial charge in [-0.1, -0.05) is 13.0 Å². The summed E-state index contributed by atoms with van der Waals surface area (Å²) < 4.78 is 13.6. The van der Waals surface area contributed by atoms with Gasteiger partial charge in [0.2, 0.25) is 0 Å². The van der Waals surface area contributed by atoms with Crippen molar-refractivity contribution in [2.45, 2.75) is 19.8 Å². The van der Waals surface area contributed by atoms with Crippen LogP contribution in [0.2, 0.25) is 0 Å². The van der Waals surface area contributed by atoms with E-state index in [1.165, 1.54) is 6.07 Å². The molecule has 1 unspecified atom stereocenters. The number of halogens is 2. The third-order valence-corrected chi connectivity index (χ3v) is 3.44. The SMILES string of the molecule is CCC1CC(N)=NN=C1c1ccc(F)c(Br)c1. The summed E-state index contributed by atoms with van der Waals surface area (Å²) in [5.74, 6) is 0.535. The first kappa shape index (κ1) is 12.2. The molecule has 2 N–H and O–H groups in total. The molecule has 1 atom stereocenters. The molecule has 1 heterocycles. The molecule has 1 aromatic rings. The van der Waals surface area contributed by atoms with E-state index in [1.807, 2.05) is 0 Å². The van der Waals surface area contributed by atoms with Crippen molar-refractivity contribution in [3.05, 3.63) is 34.1 Å². The Kier molecular flexibility index (Phi) is 3.57. The van der Waals surface area contributed by atoms with Gasteiger partial charge in [0, 0.05) is 12.3 Å². The normalized spacial score (nSPS) is 19.8. The second-order valence-electron chi connectivity index (χ2n) is 4.01. The molecule has 5 heteroatoms. The first-order valence-corrected chi connectivity index (χ1v) is 6.26. The Balaban J connectivity index is 2.40. The lowest BCUT2D eigenvalue weighted by Crippen LogP contribution is -2.26. The van der Waals surface area contributed by atoms with Gasteiger partial charge in [0.05, 0.1) is 10.2 Å². The molecule has 3 nitrogen and oxygen atoms in total. The van der Waals surface area contributed by atoms with Gasteiger partial charge >= 0.3 is 0 Å². The minimum absolute atomic E-state index is 0.255. The zero-order chi connectivity index (χ0) is 12.4. The molecule has 90 valence electrons. The van der Waals surface area contributed by atoms with Gasteiger partial charge in [-0.15, -0.1) is 5.10 Å². The van der Waals surface area contributed by atoms with Crippen LogP contribution in [0.3, 0.4) is 0 Å². The van der Waals surface area contributed by atoms with Crippen LogP contribution in [0.1, 0.15) is 25.3 Å². The molecule has 2 rings (SSSR count). The molecule has 0 spiro atoms. The highest BCUT2D eigenvalue weighted by Gasteiger charge is 2.21. The van der Waals surface area contributed by atoms with Crippen LogP contribution < -0.4 is 5.73 Å². The minimum Gasteiger partial charge on any atom is -0.386 e. The highest BCUT2D eigenvalue weighted by atomic mass is 79.9. The Labute approximate surface area is 108 Å². The van der Waals surface area contributed by atoms with Crippen molar-refractivity contribution in [1.82, 2.24) is 0 Å². The summed E-state index contributed by atoms with van der Waals surface area (Å²) >= 11 is 3.18. The number of hydrogen-bond donors (Lipinski definition) is 1. The molecule has 1 aliphatic heterocycles. The van der Waals surface area contributed by atoms with Crippen molar-refractivity contribution in [2.24, 2.45) is 21.9 Å². The summed E-state index contributed by atoms with van der Waals surface area (Å²) in [5.41, 5.74) is 7.44. The first-order valence-electron chi connectivity index (χ1n) is 5.47. The number of nitrogens with zero attached hydrogens (tertiary/aromatic N) is 2. The van der Waals surface area contributed by atoms with E-state index in [9.17, 15) is 4.39 Å². The highest BCUT2D eigenvalue weighted by molar-refractivity contribution is 9.10. The molecule has 0 saturated heterocycles. The fourth-order valence-electron chi connectivity index (χ4n) is 1.88. The number of nitrogens with two attached hydrogens (primary N) is 1. The molecule has 0 fully saturated rings.